The Balaban J connectivity index is 2.07. The van der Waals surface area contributed by atoms with E-state index in [1.807, 2.05) is 5.43 Å². The minimum atomic E-state index is -1.52. The highest BCUT2D eigenvalue weighted by molar-refractivity contribution is 6.03. The second kappa shape index (κ2) is 9.01. The number of benzene rings is 2. The molecular formula is C19H17N7O6. The molecule has 3 rings (SSSR count). The number of nitrogens with two attached hydrogens (primary N) is 1. The molecule has 13 heteroatoms. The van der Waals surface area contributed by atoms with Crippen LogP contribution in [0.3, 0.4) is 0 Å². The summed E-state index contributed by atoms with van der Waals surface area (Å²) in [6.45, 7) is 1.34. The molecule has 2 aromatic carbocycles. The second-order valence-electron chi connectivity index (χ2n) is 6.55. The summed E-state index contributed by atoms with van der Waals surface area (Å²) in [5.74, 6) is -0.279. The van der Waals surface area contributed by atoms with Gasteiger partial charge >= 0.3 is 6.03 Å². The highest BCUT2D eigenvalue weighted by atomic mass is 16.6. The standard InChI is InChI=1S/C19H17N7O6/c1-9(27)21-11-4-2-10(3-5-11)17(28)15(24-25-19(20)30)16-18(29)23-14-8-12(26(31)32)6-7-13(14)22-16/h2-8,17,28H,1H3,(H,21,27)(H,23,29)(H3,20,25,30)/b24-15+/t17-/m1/s1. The quantitative estimate of drug-likeness (QED) is 0.213. The smallest absolute Gasteiger partial charge is 0.332 e. The van der Waals surface area contributed by atoms with E-state index < -0.39 is 22.6 Å². The van der Waals surface area contributed by atoms with Gasteiger partial charge in [-0.25, -0.2) is 15.2 Å². The van der Waals surface area contributed by atoms with E-state index >= 15 is 0 Å². The Kier molecular flexibility index (Phi) is 6.21. The van der Waals surface area contributed by atoms with E-state index in [1.54, 1.807) is 0 Å². The van der Waals surface area contributed by atoms with Gasteiger partial charge in [0.2, 0.25) is 5.91 Å². The van der Waals surface area contributed by atoms with Crippen molar-refractivity contribution >= 4 is 40.1 Å². The Morgan fingerprint density at radius 1 is 1.25 bits per heavy atom. The van der Waals surface area contributed by atoms with Crippen molar-refractivity contribution in [2.75, 3.05) is 5.32 Å². The van der Waals surface area contributed by atoms with E-state index in [2.05, 4.69) is 20.4 Å². The van der Waals surface area contributed by atoms with Gasteiger partial charge in [0.15, 0.2) is 5.69 Å². The molecule has 6 N–H and O–H groups in total. The summed E-state index contributed by atoms with van der Waals surface area (Å²) in [5, 5.41) is 28.1. The monoisotopic (exact) mass is 439 g/mol. The number of aliphatic hydroxyl groups is 1. The van der Waals surface area contributed by atoms with Gasteiger partial charge < -0.3 is 21.1 Å². The van der Waals surface area contributed by atoms with E-state index in [9.17, 15) is 29.6 Å². The lowest BCUT2D eigenvalue weighted by atomic mass is 10.0. The van der Waals surface area contributed by atoms with E-state index in [0.717, 1.165) is 6.07 Å². The Hall–Kier alpha value is -4.65. The maximum absolute atomic E-state index is 12.6. The molecule has 3 amide bonds. The molecule has 0 aliphatic rings. The fourth-order valence-electron chi connectivity index (χ4n) is 2.83. The topological polar surface area (TPSA) is 206 Å². The van der Waals surface area contributed by atoms with Crippen LogP contribution in [0.1, 0.15) is 24.3 Å². The van der Waals surface area contributed by atoms with Gasteiger partial charge in [-0.1, -0.05) is 12.1 Å². The number of nitro groups is 1. The molecule has 13 nitrogen and oxygen atoms in total. The number of amides is 3. The second-order valence-corrected chi connectivity index (χ2v) is 6.55. The van der Waals surface area contributed by atoms with Crippen molar-refractivity contribution in [2.45, 2.75) is 13.0 Å². The summed E-state index contributed by atoms with van der Waals surface area (Å²) in [4.78, 5) is 51.9. The average Bonchev–Trinajstić information content (AvgIpc) is 2.73. The van der Waals surface area contributed by atoms with E-state index in [-0.39, 0.29) is 39.6 Å². The van der Waals surface area contributed by atoms with E-state index in [1.165, 1.54) is 43.3 Å². The van der Waals surface area contributed by atoms with Crippen LogP contribution in [0.2, 0.25) is 0 Å². The van der Waals surface area contributed by atoms with Crippen LogP contribution in [-0.4, -0.2) is 37.6 Å². The molecule has 0 radical (unpaired) electrons. The van der Waals surface area contributed by atoms with Crippen molar-refractivity contribution in [3.8, 4) is 0 Å². The zero-order chi connectivity index (χ0) is 23.4. The number of nitrogens with zero attached hydrogens (tertiary/aromatic N) is 3. The van der Waals surface area contributed by atoms with Crippen LogP contribution in [-0.2, 0) is 4.79 Å². The van der Waals surface area contributed by atoms with Gasteiger partial charge in [0, 0.05) is 24.7 Å². The Labute approximate surface area is 179 Å². The number of non-ortho nitro benzene ring substituents is 1. The number of carbonyl (C=O) groups excluding carboxylic acids is 2. The molecule has 32 heavy (non-hydrogen) atoms. The SMILES string of the molecule is CC(=O)Nc1ccc([C@@H](O)/C(=N/NC(N)=O)c2nc3ccc([N+](=O)[O-])cc3[nH]c2=O)cc1. The first kappa shape index (κ1) is 22.0. The number of carbonyl (C=O) groups is 2. The van der Waals surface area contributed by atoms with Gasteiger partial charge in [0.1, 0.15) is 11.8 Å². The number of aliphatic hydroxyl groups excluding tert-OH is 1. The third-order valence-corrected chi connectivity index (χ3v) is 4.22. The third kappa shape index (κ3) is 4.91. The minimum absolute atomic E-state index is 0.101. The molecule has 0 fully saturated rings. The predicted octanol–water partition coefficient (Wildman–Crippen LogP) is 0.896. The van der Waals surface area contributed by atoms with Crippen molar-refractivity contribution < 1.29 is 19.6 Å². The number of hydrazone groups is 1. The molecule has 0 aliphatic carbocycles. The average molecular weight is 439 g/mol. The summed E-state index contributed by atoms with van der Waals surface area (Å²) < 4.78 is 0. The zero-order valence-electron chi connectivity index (χ0n) is 16.5. The highest BCUT2D eigenvalue weighted by Gasteiger charge is 2.23. The lowest BCUT2D eigenvalue weighted by molar-refractivity contribution is -0.384. The number of aromatic nitrogens is 2. The minimum Gasteiger partial charge on any atom is -0.382 e. The molecule has 3 aromatic rings. The first-order chi connectivity index (χ1) is 15.2. The van der Waals surface area contributed by atoms with Gasteiger partial charge in [-0.3, -0.25) is 19.7 Å². The van der Waals surface area contributed by atoms with Crippen molar-refractivity contribution in [1.82, 2.24) is 15.4 Å². The number of nitrogens with one attached hydrogen (secondary N) is 3. The molecule has 0 saturated carbocycles. The summed E-state index contributed by atoms with van der Waals surface area (Å²) in [7, 11) is 0. The van der Waals surface area contributed by atoms with Crippen LogP contribution in [0, 0.1) is 10.1 Å². The van der Waals surface area contributed by atoms with Gasteiger partial charge in [0.05, 0.1) is 16.0 Å². The van der Waals surface area contributed by atoms with Crippen LogP contribution in [0.5, 0.6) is 0 Å². The van der Waals surface area contributed by atoms with Crippen LogP contribution >= 0.6 is 0 Å². The number of hydrogen-bond acceptors (Lipinski definition) is 8. The number of nitro benzene ring substituents is 1. The largest absolute Gasteiger partial charge is 0.382 e. The van der Waals surface area contributed by atoms with Crippen molar-refractivity contribution in [2.24, 2.45) is 10.8 Å². The molecule has 164 valence electrons. The molecule has 0 unspecified atom stereocenters. The maximum atomic E-state index is 12.6. The molecule has 0 saturated heterocycles. The predicted molar refractivity (Wildman–Crippen MR) is 114 cm³/mol. The van der Waals surface area contributed by atoms with Crippen LogP contribution in [0.15, 0.2) is 52.4 Å². The molecule has 1 heterocycles. The third-order valence-electron chi connectivity index (χ3n) is 4.22. The number of urea groups is 1. The summed E-state index contributed by atoms with van der Waals surface area (Å²) in [6.07, 6.45) is -1.52. The summed E-state index contributed by atoms with van der Waals surface area (Å²) >= 11 is 0. The van der Waals surface area contributed by atoms with Crippen molar-refractivity contribution in [3.05, 3.63) is 74.2 Å². The molecule has 0 aliphatic heterocycles. The maximum Gasteiger partial charge on any atom is 0.332 e. The number of H-pyrrole nitrogens is 1. The lowest BCUT2D eigenvalue weighted by Gasteiger charge is -2.14. The number of rotatable bonds is 6. The Morgan fingerprint density at radius 2 is 1.94 bits per heavy atom. The molecular weight excluding hydrogens is 422 g/mol. The fourth-order valence-corrected chi connectivity index (χ4v) is 2.83. The van der Waals surface area contributed by atoms with Gasteiger partial charge in [-0.15, -0.1) is 0 Å². The Bertz CT molecular complexity index is 1300. The number of anilines is 1. The summed E-state index contributed by atoms with van der Waals surface area (Å²) in [6, 6.07) is 8.63. The van der Waals surface area contributed by atoms with E-state index in [0.29, 0.717) is 5.69 Å². The molecule has 0 spiro atoms. The number of aromatic amines is 1. The molecule has 1 atom stereocenters. The number of hydrogen-bond donors (Lipinski definition) is 5. The van der Waals surface area contributed by atoms with Crippen LogP contribution in [0.4, 0.5) is 16.2 Å². The number of primary amides is 1. The number of fused-ring (bicyclic) bond motifs is 1. The zero-order valence-corrected chi connectivity index (χ0v) is 16.5. The fraction of sp³-hybridized carbons (Fsp3) is 0.105. The van der Waals surface area contributed by atoms with Gasteiger partial charge in [-0.05, 0) is 23.8 Å². The first-order valence-electron chi connectivity index (χ1n) is 9.03. The van der Waals surface area contributed by atoms with E-state index in [4.69, 9.17) is 5.73 Å². The normalized spacial score (nSPS) is 12.2. The first-order valence-corrected chi connectivity index (χ1v) is 9.03. The van der Waals surface area contributed by atoms with Crippen LogP contribution < -0.4 is 22.0 Å². The molecule has 1 aromatic heterocycles. The molecule has 0 bridgehead atoms. The van der Waals surface area contributed by atoms with Crippen molar-refractivity contribution in [1.29, 1.82) is 0 Å². The van der Waals surface area contributed by atoms with Gasteiger partial charge in [0.25, 0.3) is 11.2 Å². The Morgan fingerprint density at radius 3 is 2.53 bits per heavy atom. The van der Waals surface area contributed by atoms with Crippen molar-refractivity contribution in [3.63, 3.8) is 0 Å². The lowest BCUT2D eigenvalue weighted by Crippen LogP contribution is -2.31. The van der Waals surface area contributed by atoms with Gasteiger partial charge in [-0.2, -0.15) is 5.10 Å². The highest BCUT2D eigenvalue weighted by Crippen LogP contribution is 2.21. The summed E-state index contributed by atoms with van der Waals surface area (Å²) in [5.41, 5.74) is 6.33. The van der Waals surface area contributed by atoms with Crippen LogP contribution in [0.25, 0.3) is 11.0 Å².